The van der Waals surface area contributed by atoms with Crippen molar-refractivity contribution in [2.75, 3.05) is 0 Å². The van der Waals surface area contributed by atoms with E-state index in [2.05, 4.69) is 18.8 Å². The number of amides is 2. The predicted octanol–water partition coefficient (Wildman–Crippen LogP) is 4.52. The molecule has 0 aliphatic carbocycles. The van der Waals surface area contributed by atoms with E-state index in [4.69, 9.17) is 11.6 Å². The maximum atomic E-state index is 12.5. The largest absolute Gasteiger partial charge is 0.270 e. The predicted molar refractivity (Wildman–Crippen MR) is 97.9 cm³/mol. The molecule has 2 aliphatic heterocycles. The summed E-state index contributed by atoms with van der Waals surface area (Å²) in [7, 11) is 0. The zero-order valence-electron chi connectivity index (χ0n) is 14.3. The molecule has 4 nitrogen and oxygen atoms in total. The summed E-state index contributed by atoms with van der Waals surface area (Å²) in [5, 5.41) is 0.549. The van der Waals surface area contributed by atoms with Gasteiger partial charge in [-0.3, -0.25) is 19.5 Å². The summed E-state index contributed by atoms with van der Waals surface area (Å²) in [6.45, 7) is 6.36. The fraction of sp³-hybridized carbons (Fsp3) is 0.250. The van der Waals surface area contributed by atoms with Crippen LogP contribution in [0.25, 0.3) is 0 Å². The minimum atomic E-state index is -0.280. The van der Waals surface area contributed by atoms with E-state index < -0.39 is 0 Å². The van der Waals surface area contributed by atoms with Gasteiger partial charge in [-0.25, -0.2) is 0 Å². The van der Waals surface area contributed by atoms with Crippen molar-refractivity contribution < 1.29 is 9.59 Å². The molecule has 5 heteroatoms. The summed E-state index contributed by atoms with van der Waals surface area (Å²) < 4.78 is 0. The van der Waals surface area contributed by atoms with Gasteiger partial charge in [-0.15, -0.1) is 0 Å². The van der Waals surface area contributed by atoms with Crippen molar-refractivity contribution in [1.82, 2.24) is 4.90 Å². The molecule has 2 amide bonds. The molecular formula is C20H17ClN2O2. The Kier molecular flexibility index (Phi) is 3.38. The maximum Gasteiger partial charge on any atom is 0.261 e. The van der Waals surface area contributed by atoms with Crippen molar-refractivity contribution in [2.24, 2.45) is 4.99 Å². The molecule has 25 heavy (non-hydrogen) atoms. The number of nitrogens with zero attached hydrogens (tertiary/aromatic N) is 2. The van der Waals surface area contributed by atoms with E-state index in [1.54, 1.807) is 24.3 Å². The standard InChI is InChI=1S/C20H17ClN2O2/c1-11-20(2,3)15-9-16(21)12(8-17(15)22-11)10-23-18(24)13-6-4-5-7-14(13)19(23)25/h4-9H,10H2,1-3H3. The lowest BCUT2D eigenvalue weighted by Crippen LogP contribution is -2.29. The first kappa shape index (κ1) is 16.0. The Morgan fingerprint density at radius 1 is 1.08 bits per heavy atom. The van der Waals surface area contributed by atoms with Crippen molar-refractivity contribution in [3.8, 4) is 0 Å². The van der Waals surface area contributed by atoms with E-state index in [0.29, 0.717) is 16.1 Å². The third kappa shape index (κ3) is 2.24. The molecule has 0 atom stereocenters. The highest BCUT2D eigenvalue weighted by atomic mass is 35.5. The van der Waals surface area contributed by atoms with Gasteiger partial charge >= 0.3 is 0 Å². The molecule has 0 saturated heterocycles. The van der Waals surface area contributed by atoms with Crippen LogP contribution in [-0.2, 0) is 12.0 Å². The lowest BCUT2D eigenvalue weighted by atomic mass is 9.82. The molecule has 0 N–H and O–H groups in total. The van der Waals surface area contributed by atoms with Gasteiger partial charge < -0.3 is 0 Å². The Hall–Kier alpha value is -2.46. The summed E-state index contributed by atoms with van der Waals surface area (Å²) in [6.07, 6.45) is 0. The van der Waals surface area contributed by atoms with Gasteiger partial charge in [0.25, 0.3) is 11.8 Å². The molecular weight excluding hydrogens is 336 g/mol. The Labute approximate surface area is 151 Å². The van der Waals surface area contributed by atoms with Crippen LogP contribution in [0, 0.1) is 0 Å². The lowest BCUT2D eigenvalue weighted by molar-refractivity contribution is 0.0642. The average molecular weight is 353 g/mol. The number of rotatable bonds is 2. The summed E-state index contributed by atoms with van der Waals surface area (Å²) in [4.78, 5) is 31.0. The van der Waals surface area contributed by atoms with Gasteiger partial charge in [0.05, 0.1) is 23.4 Å². The molecule has 4 rings (SSSR count). The third-order valence-corrected chi connectivity index (χ3v) is 5.59. The molecule has 0 fully saturated rings. The van der Waals surface area contributed by atoms with Crippen LogP contribution < -0.4 is 0 Å². The van der Waals surface area contributed by atoms with Crippen molar-refractivity contribution in [3.05, 3.63) is 63.7 Å². The summed E-state index contributed by atoms with van der Waals surface area (Å²) in [5.74, 6) is -0.561. The van der Waals surface area contributed by atoms with Gasteiger partial charge in [-0.05, 0) is 42.3 Å². The Balaban J connectivity index is 1.71. The van der Waals surface area contributed by atoms with Crippen molar-refractivity contribution in [1.29, 1.82) is 0 Å². The maximum absolute atomic E-state index is 12.5. The summed E-state index contributed by atoms with van der Waals surface area (Å²) >= 11 is 6.47. The van der Waals surface area contributed by atoms with Crippen molar-refractivity contribution in [2.45, 2.75) is 32.7 Å². The molecule has 2 aromatic carbocycles. The normalized spacial score (nSPS) is 17.6. The first-order chi connectivity index (χ1) is 11.8. The van der Waals surface area contributed by atoms with Crippen LogP contribution in [0.15, 0.2) is 41.4 Å². The van der Waals surface area contributed by atoms with E-state index in [0.717, 1.165) is 22.5 Å². The lowest BCUT2D eigenvalue weighted by Gasteiger charge is -2.21. The van der Waals surface area contributed by atoms with E-state index in [-0.39, 0.29) is 23.8 Å². The topological polar surface area (TPSA) is 49.7 Å². The highest BCUT2D eigenvalue weighted by molar-refractivity contribution is 6.32. The Bertz CT molecular complexity index is 941. The zero-order valence-corrected chi connectivity index (χ0v) is 15.0. The number of carbonyl (C=O) groups is 2. The SMILES string of the molecule is CC1=Nc2cc(CN3C(=O)c4ccccc4C3=O)c(Cl)cc2C1(C)C. The number of fused-ring (bicyclic) bond motifs is 2. The molecule has 126 valence electrons. The number of aliphatic imine (C=N–C) groups is 1. The second kappa shape index (κ2) is 5.27. The van der Waals surface area contributed by atoms with Crippen LogP contribution in [0.3, 0.4) is 0 Å². The summed E-state index contributed by atoms with van der Waals surface area (Å²) in [5.41, 5.74) is 4.41. The van der Waals surface area contributed by atoms with Gasteiger partial charge in [-0.2, -0.15) is 0 Å². The molecule has 0 saturated carbocycles. The van der Waals surface area contributed by atoms with E-state index in [1.165, 1.54) is 4.90 Å². The Morgan fingerprint density at radius 3 is 2.28 bits per heavy atom. The molecule has 0 bridgehead atoms. The minimum absolute atomic E-state index is 0.146. The van der Waals surface area contributed by atoms with Crippen molar-refractivity contribution >= 4 is 34.8 Å². The molecule has 2 heterocycles. The summed E-state index contributed by atoms with van der Waals surface area (Å²) in [6, 6.07) is 10.7. The number of halogens is 1. The van der Waals surface area contributed by atoms with E-state index >= 15 is 0 Å². The fourth-order valence-electron chi connectivity index (χ4n) is 3.39. The number of hydrogen-bond acceptors (Lipinski definition) is 3. The van der Waals surface area contributed by atoms with Gasteiger partial charge in [0.1, 0.15) is 0 Å². The highest BCUT2D eigenvalue weighted by Gasteiger charge is 2.37. The molecule has 0 radical (unpaired) electrons. The number of benzene rings is 2. The Morgan fingerprint density at radius 2 is 1.68 bits per heavy atom. The third-order valence-electron chi connectivity index (χ3n) is 5.24. The fourth-order valence-corrected chi connectivity index (χ4v) is 3.61. The van der Waals surface area contributed by atoms with Crippen molar-refractivity contribution in [3.63, 3.8) is 0 Å². The average Bonchev–Trinajstić information content (AvgIpc) is 2.94. The molecule has 0 unspecified atom stereocenters. The van der Waals surface area contributed by atoms with E-state index in [9.17, 15) is 9.59 Å². The second-order valence-electron chi connectivity index (χ2n) is 7.03. The number of hydrogen-bond donors (Lipinski definition) is 0. The quantitative estimate of drug-likeness (QED) is 0.746. The zero-order chi connectivity index (χ0) is 17.9. The first-order valence-corrected chi connectivity index (χ1v) is 8.52. The molecule has 2 aliphatic rings. The van der Waals surface area contributed by atoms with Crippen LogP contribution in [0.5, 0.6) is 0 Å². The van der Waals surface area contributed by atoms with Gasteiger partial charge in [-0.1, -0.05) is 37.6 Å². The molecule has 2 aromatic rings. The van der Waals surface area contributed by atoms with Gasteiger partial charge in [0, 0.05) is 16.1 Å². The molecule has 0 aromatic heterocycles. The first-order valence-electron chi connectivity index (χ1n) is 8.14. The van der Waals surface area contributed by atoms with Crippen LogP contribution >= 0.6 is 11.6 Å². The van der Waals surface area contributed by atoms with E-state index in [1.807, 2.05) is 19.1 Å². The smallest absolute Gasteiger partial charge is 0.261 e. The highest BCUT2D eigenvalue weighted by Crippen LogP contribution is 2.42. The minimum Gasteiger partial charge on any atom is -0.270 e. The number of carbonyl (C=O) groups excluding carboxylic acids is 2. The van der Waals surface area contributed by atoms with Gasteiger partial charge in [0.15, 0.2) is 0 Å². The second-order valence-corrected chi connectivity index (χ2v) is 7.43. The molecule has 0 spiro atoms. The van der Waals surface area contributed by atoms with Crippen LogP contribution in [0.4, 0.5) is 5.69 Å². The monoisotopic (exact) mass is 352 g/mol. The van der Waals surface area contributed by atoms with Crippen LogP contribution in [0.1, 0.15) is 52.6 Å². The van der Waals surface area contributed by atoms with Crippen LogP contribution in [0.2, 0.25) is 5.02 Å². The number of imide groups is 1. The van der Waals surface area contributed by atoms with Crippen LogP contribution in [-0.4, -0.2) is 22.4 Å². The van der Waals surface area contributed by atoms with Gasteiger partial charge in [0.2, 0.25) is 0 Å².